The Labute approximate surface area is 185 Å². The standard InChI is InChI=1S/C29H18N2O/c1-5-11-23-19(7-1)14-16-27-28(23)31(26-18-30-17-21-9-3-4-10-22(21)26)25-15-13-20-8-2-6-12-24(20)29(25)32-27/h1-18H. The second kappa shape index (κ2) is 6.56. The van der Waals surface area contributed by atoms with Crippen LogP contribution in [0.4, 0.5) is 17.1 Å². The van der Waals surface area contributed by atoms with E-state index in [1.807, 2.05) is 12.4 Å². The lowest BCUT2D eigenvalue weighted by atomic mass is 10.0. The van der Waals surface area contributed by atoms with Gasteiger partial charge in [-0.05, 0) is 22.9 Å². The molecule has 32 heavy (non-hydrogen) atoms. The van der Waals surface area contributed by atoms with E-state index in [0.29, 0.717) is 0 Å². The Kier molecular flexibility index (Phi) is 3.55. The van der Waals surface area contributed by atoms with E-state index in [2.05, 4.69) is 107 Å². The molecule has 0 saturated carbocycles. The minimum atomic E-state index is 0.848. The average molecular weight is 410 g/mol. The summed E-state index contributed by atoms with van der Waals surface area (Å²) >= 11 is 0. The molecule has 1 aliphatic rings. The van der Waals surface area contributed by atoms with Crippen LogP contribution in [0.1, 0.15) is 0 Å². The van der Waals surface area contributed by atoms with Gasteiger partial charge in [0, 0.05) is 27.7 Å². The summed E-state index contributed by atoms with van der Waals surface area (Å²) < 4.78 is 6.60. The molecule has 150 valence electrons. The number of nitrogens with zero attached hydrogens (tertiary/aromatic N) is 2. The normalized spacial score (nSPS) is 12.6. The summed E-state index contributed by atoms with van der Waals surface area (Å²) in [5, 5.41) is 6.85. The number of hydrogen-bond donors (Lipinski definition) is 0. The minimum absolute atomic E-state index is 0.848. The van der Waals surface area contributed by atoms with Crippen molar-refractivity contribution in [3.8, 4) is 11.5 Å². The first-order valence-electron chi connectivity index (χ1n) is 10.7. The molecule has 3 nitrogen and oxygen atoms in total. The average Bonchev–Trinajstić information content (AvgIpc) is 2.87. The van der Waals surface area contributed by atoms with Crippen molar-refractivity contribution in [1.82, 2.24) is 4.98 Å². The molecule has 0 aliphatic carbocycles. The first-order valence-corrected chi connectivity index (χ1v) is 10.7. The van der Waals surface area contributed by atoms with Crippen LogP contribution in [0.15, 0.2) is 109 Å². The van der Waals surface area contributed by atoms with Crippen LogP contribution in [0.2, 0.25) is 0 Å². The molecule has 0 fully saturated rings. The molecule has 2 heterocycles. The lowest BCUT2D eigenvalue weighted by Gasteiger charge is -2.35. The molecule has 0 bridgehead atoms. The molecule has 1 aliphatic heterocycles. The molecular weight excluding hydrogens is 392 g/mol. The predicted octanol–water partition coefficient (Wildman–Crippen LogP) is 8.12. The molecule has 3 heteroatoms. The van der Waals surface area contributed by atoms with Crippen LogP contribution in [0.25, 0.3) is 32.3 Å². The molecule has 0 radical (unpaired) electrons. The van der Waals surface area contributed by atoms with Gasteiger partial charge in [0.1, 0.15) is 0 Å². The zero-order chi connectivity index (χ0) is 21.1. The molecular formula is C29H18N2O. The van der Waals surface area contributed by atoms with Crippen LogP contribution in [0, 0.1) is 0 Å². The fourth-order valence-electron chi connectivity index (χ4n) is 4.82. The third-order valence-corrected chi connectivity index (χ3v) is 6.29. The van der Waals surface area contributed by atoms with E-state index in [1.165, 1.54) is 5.39 Å². The van der Waals surface area contributed by atoms with E-state index in [0.717, 1.165) is 55.5 Å². The van der Waals surface area contributed by atoms with Gasteiger partial charge in [-0.15, -0.1) is 0 Å². The van der Waals surface area contributed by atoms with Crippen molar-refractivity contribution in [2.75, 3.05) is 4.90 Å². The van der Waals surface area contributed by atoms with Crippen molar-refractivity contribution >= 4 is 49.4 Å². The lowest BCUT2D eigenvalue weighted by molar-refractivity contribution is 0.483. The van der Waals surface area contributed by atoms with Gasteiger partial charge in [-0.2, -0.15) is 0 Å². The van der Waals surface area contributed by atoms with E-state index >= 15 is 0 Å². The highest BCUT2D eigenvalue weighted by Crippen LogP contribution is 2.55. The van der Waals surface area contributed by atoms with Crippen molar-refractivity contribution in [3.05, 3.63) is 109 Å². The summed E-state index contributed by atoms with van der Waals surface area (Å²) in [4.78, 5) is 6.91. The fraction of sp³-hybridized carbons (Fsp3) is 0. The number of benzene rings is 5. The van der Waals surface area contributed by atoms with Crippen LogP contribution >= 0.6 is 0 Å². The minimum Gasteiger partial charge on any atom is -0.452 e. The maximum absolute atomic E-state index is 6.60. The molecule has 0 amide bonds. The summed E-state index contributed by atoms with van der Waals surface area (Å²) in [7, 11) is 0. The zero-order valence-electron chi connectivity index (χ0n) is 17.2. The number of pyridine rings is 1. The monoisotopic (exact) mass is 410 g/mol. The zero-order valence-corrected chi connectivity index (χ0v) is 17.2. The quantitative estimate of drug-likeness (QED) is 0.273. The first-order chi connectivity index (χ1) is 15.9. The molecule has 0 saturated heterocycles. The first kappa shape index (κ1) is 17.3. The van der Waals surface area contributed by atoms with Gasteiger partial charge in [0.2, 0.25) is 0 Å². The van der Waals surface area contributed by atoms with Gasteiger partial charge in [-0.3, -0.25) is 4.98 Å². The van der Waals surface area contributed by atoms with Crippen LogP contribution in [0.5, 0.6) is 11.5 Å². The third kappa shape index (κ3) is 2.39. The van der Waals surface area contributed by atoms with Crippen molar-refractivity contribution in [2.24, 2.45) is 0 Å². The molecule has 1 aromatic heterocycles. The van der Waals surface area contributed by atoms with Gasteiger partial charge in [0.05, 0.1) is 23.3 Å². The van der Waals surface area contributed by atoms with Crippen LogP contribution in [-0.4, -0.2) is 4.98 Å². The van der Waals surface area contributed by atoms with Gasteiger partial charge < -0.3 is 9.64 Å². The van der Waals surface area contributed by atoms with Crippen molar-refractivity contribution < 1.29 is 4.74 Å². The largest absolute Gasteiger partial charge is 0.452 e. The molecule has 0 N–H and O–H groups in total. The second-order valence-electron chi connectivity index (χ2n) is 8.09. The van der Waals surface area contributed by atoms with Crippen molar-refractivity contribution in [3.63, 3.8) is 0 Å². The van der Waals surface area contributed by atoms with Gasteiger partial charge in [0.15, 0.2) is 11.5 Å². The Balaban J connectivity index is 1.64. The maximum Gasteiger partial charge on any atom is 0.159 e. The number of ether oxygens (including phenoxy) is 1. The van der Waals surface area contributed by atoms with E-state index in [1.54, 1.807) is 0 Å². The van der Waals surface area contributed by atoms with Gasteiger partial charge in [-0.25, -0.2) is 0 Å². The topological polar surface area (TPSA) is 25.4 Å². The van der Waals surface area contributed by atoms with E-state index in [-0.39, 0.29) is 0 Å². The Morgan fingerprint density at radius 2 is 1.19 bits per heavy atom. The molecule has 6 aromatic rings. The van der Waals surface area contributed by atoms with Crippen LogP contribution in [-0.2, 0) is 0 Å². The van der Waals surface area contributed by atoms with E-state index < -0.39 is 0 Å². The SMILES string of the molecule is c1ccc2c(N3c4ccc5ccccc5c4Oc4ccc5ccccc5c43)cncc2c1. The van der Waals surface area contributed by atoms with Gasteiger partial charge >= 0.3 is 0 Å². The summed E-state index contributed by atoms with van der Waals surface area (Å²) in [5.41, 5.74) is 3.11. The molecule has 0 spiro atoms. The Morgan fingerprint density at radius 1 is 0.531 bits per heavy atom. The highest BCUT2D eigenvalue weighted by atomic mass is 16.5. The van der Waals surface area contributed by atoms with Gasteiger partial charge in [-0.1, -0.05) is 84.9 Å². The van der Waals surface area contributed by atoms with Crippen LogP contribution in [0.3, 0.4) is 0 Å². The van der Waals surface area contributed by atoms with Crippen molar-refractivity contribution in [2.45, 2.75) is 0 Å². The predicted molar refractivity (Wildman–Crippen MR) is 132 cm³/mol. The van der Waals surface area contributed by atoms with E-state index in [4.69, 9.17) is 4.74 Å². The highest BCUT2D eigenvalue weighted by Gasteiger charge is 2.30. The third-order valence-electron chi connectivity index (χ3n) is 6.29. The number of aromatic nitrogens is 1. The second-order valence-corrected chi connectivity index (χ2v) is 8.09. The number of anilines is 3. The summed E-state index contributed by atoms with van der Waals surface area (Å²) in [6, 6.07) is 33.8. The molecule has 0 unspecified atom stereocenters. The number of hydrogen-bond acceptors (Lipinski definition) is 3. The number of fused-ring (bicyclic) bond motifs is 7. The Morgan fingerprint density at radius 3 is 2.03 bits per heavy atom. The lowest BCUT2D eigenvalue weighted by Crippen LogP contribution is -2.17. The molecule has 0 atom stereocenters. The Bertz CT molecular complexity index is 1670. The molecule has 5 aromatic carbocycles. The summed E-state index contributed by atoms with van der Waals surface area (Å²) in [6.45, 7) is 0. The summed E-state index contributed by atoms with van der Waals surface area (Å²) in [5.74, 6) is 1.72. The van der Waals surface area contributed by atoms with Gasteiger partial charge in [0.25, 0.3) is 0 Å². The highest BCUT2D eigenvalue weighted by molar-refractivity contribution is 6.10. The number of rotatable bonds is 1. The summed E-state index contributed by atoms with van der Waals surface area (Å²) in [6.07, 6.45) is 3.88. The Hall–Kier alpha value is -4.37. The van der Waals surface area contributed by atoms with Crippen LogP contribution < -0.4 is 9.64 Å². The molecule has 7 rings (SSSR count). The van der Waals surface area contributed by atoms with E-state index in [9.17, 15) is 0 Å². The van der Waals surface area contributed by atoms with Crippen molar-refractivity contribution in [1.29, 1.82) is 0 Å². The fourth-order valence-corrected chi connectivity index (χ4v) is 4.82. The smallest absolute Gasteiger partial charge is 0.159 e. The maximum atomic E-state index is 6.60.